The molecule has 9 nitrogen and oxygen atoms in total. The quantitative estimate of drug-likeness (QED) is 0.278. The molecule has 206 valence electrons. The first-order valence-electron chi connectivity index (χ1n) is 13.1. The number of nitrogens with one attached hydrogen (secondary N) is 2. The average Bonchev–Trinajstić information content (AvgIpc) is 2.93. The predicted molar refractivity (Wildman–Crippen MR) is 156 cm³/mol. The van der Waals surface area contributed by atoms with E-state index in [1.54, 1.807) is 30.7 Å². The lowest BCUT2D eigenvalue weighted by molar-refractivity contribution is -0.111. The smallest absolute Gasteiger partial charge is 0.247 e. The van der Waals surface area contributed by atoms with Gasteiger partial charge in [-0.2, -0.15) is 0 Å². The zero-order valence-electron chi connectivity index (χ0n) is 22.6. The van der Waals surface area contributed by atoms with E-state index in [1.165, 1.54) is 12.1 Å². The monoisotopic (exact) mass is 541 g/mol. The fourth-order valence-electron chi connectivity index (χ4n) is 4.83. The number of piperazine rings is 1. The van der Waals surface area contributed by atoms with Crippen molar-refractivity contribution in [1.82, 2.24) is 19.9 Å². The molecule has 0 saturated carbocycles. The number of anilines is 4. The molecule has 0 atom stereocenters. The van der Waals surface area contributed by atoms with Crippen LogP contribution in [-0.4, -0.2) is 69.2 Å². The molecule has 1 amide bonds. The van der Waals surface area contributed by atoms with Crippen molar-refractivity contribution in [3.8, 4) is 11.1 Å². The minimum absolute atomic E-state index is 0.260. The summed E-state index contributed by atoms with van der Waals surface area (Å²) in [6, 6.07) is 12.6. The van der Waals surface area contributed by atoms with E-state index in [2.05, 4.69) is 42.0 Å². The van der Waals surface area contributed by atoms with Crippen LogP contribution >= 0.6 is 0 Å². The average molecular weight is 542 g/mol. The SMILES string of the molecule is C=CC(=O)Nc1cncc(-c2cccc3cnc(Nc4ccc(N5CCN(CC(C)(C)O)CC5)cc4F)nc23)c1. The number of nitrogens with zero attached hydrogens (tertiary/aromatic N) is 5. The zero-order valence-corrected chi connectivity index (χ0v) is 22.6. The molecule has 0 unspecified atom stereocenters. The number of carbonyl (C=O) groups excluding carboxylic acids is 1. The van der Waals surface area contributed by atoms with Crippen molar-refractivity contribution in [2.75, 3.05) is 48.3 Å². The topological polar surface area (TPSA) is 107 Å². The molecule has 1 fully saturated rings. The maximum atomic E-state index is 15.2. The molecule has 5 rings (SSSR count). The summed E-state index contributed by atoms with van der Waals surface area (Å²) in [5, 5.41) is 16.6. The Bertz CT molecular complexity index is 1550. The summed E-state index contributed by atoms with van der Waals surface area (Å²) in [4.78, 5) is 29.4. The highest BCUT2D eigenvalue weighted by Crippen LogP contribution is 2.30. The maximum Gasteiger partial charge on any atom is 0.247 e. The van der Waals surface area contributed by atoms with Crippen LogP contribution in [0.25, 0.3) is 22.0 Å². The summed E-state index contributed by atoms with van der Waals surface area (Å²) in [5.41, 5.74) is 3.10. The number of β-amino-alcohol motifs (C(OH)–C–C–N with tert-alkyl or cyclic N) is 1. The fraction of sp³-hybridized carbons (Fsp3) is 0.267. The first-order chi connectivity index (χ1) is 19.2. The number of aliphatic hydroxyl groups is 1. The minimum atomic E-state index is -0.739. The summed E-state index contributed by atoms with van der Waals surface area (Å²) in [6.07, 6.45) is 6.13. The van der Waals surface area contributed by atoms with Crippen LogP contribution in [0.5, 0.6) is 0 Å². The Labute approximate surface area is 232 Å². The van der Waals surface area contributed by atoms with Gasteiger partial charge in [-0.1, -0.05) is 24.8 Å². The number of carbonyl (C=O) groups is 1. The molecule has 1 aliphatic rings. The molecule has 0 aliphatic carbocycles. The van der Waals surface area contributed by atoms with Crippen molar-refractivity contribution in [2.24, 2.45) is 0 Å². The van der Waals surface area contributed by atoms with E-state index in [0.29, 0.717) is 17.7 Å². The van der Waals surface area contributed by atoms with Gasteiger partial charge in [0.15, 0.2) is 0 Å². The lowest BCUT2D eigenvalue weighted by Gasteiger charge is -2.38. The lowest BCUT2D eigenvalue weighted by atomic mass is 10.0. The molecule has 10 heteroatoms. The van der Waals surface area contributed by atoms with Crippen LogP contribution in [0.15, 0.2) is 73.7 Å². The van der Waals surface area contributed by atoms with E-state index in [0.717, 1.165) is 48.4 Å². The molecule has 40 heavy (non-hydrogen) atoms. The Hall–Kier alpha value is -4.41. The predicted octanol–water partition coefficient (Wildman–Crippen LogP) is 4.59. The number of para-hydroxylation sites is 1. The third-order valence-electron chi connectivity index (χ3n) is 6.66. The van der Waals surface area contributed by atoms with Crippen LogP contribution in [0.3, 0.4) is 0 Å². The van der Waals surface area contributed by atoms with Crippen LogP contribution < -0.4 is 15.5 Å². The van der Waals surface area contributed by atoms with E-state index in [1.807, 2.05) is 38.1 Å². The molecule has 3 N–H and O–H groups in total. The maximum absolute atomic E-state index is 15.2. The van der Waals surface area contributed by atoms with E-state index in [-0.39, 0.29) is 17.5 Å². The highest BCUT2D eigenvalue weighted by atomic mass is 19.1. The highest BCUT2D eigenvalue weighted by molar-refractivity contribution is 6.00. The highest BCUT2D eigenvalue weighted by Gasteiger charge is 2.23. The van der Waals surface area contributed by atoms with Crippen molar-refractivity contribution in [3.63, 3.8) is 0 Å². The number of halogens is 1. The Balaban J connectivity index is 1.34. The summed E-state index contributed by atoms with van der Waals surface area (Å²) in [5.74, 6) is -0.467. The standard InChI is InChI=1S/C30H32FN7O2/c1-4-27(39)34-22-14-21(16-32-18-22)24-7-5-6-20-17-33-29(36-28(20)24)35-26-9-8-23(15-25(26)31)38-12-10-37(11-13-38)19-30(2,3)40/h4-9,14-18,40H,1,10-13,19H2,2-3H3,(H,34,39)(H,33,35,36). The molecule has 2 aromatic carbocycles. The van der Waals surface area contributed by atoms with Gasteiger partial charge in [0.25, 0.3) is 0 Å². The van der Waals surface area contributed by atoms with Gasteiger partial charge in [-0.05, 0) is 44.2 Å². The summed E-state index contributed by atoms with van der Waals surface area (Å²) in [7, 11) is 0. The first kappa shape index (κ1) is 27.2. The number of amides is 1. The van der Waals surface area contributed by atoms with Crippen LogP contribution in [0.4, 0.5) is 27.4 Å². The van der Waals surface area contributed by atoms with Crippen LogP contribution in [0.1, 0.15) is 13.8 Å². The van der Waals surface area contributed by atoms with Gasteiger partial charge >= 0.3 is 0 Å². The number of aromatic nitrogens is 3. The number of hydrogen-bond donors (Lipinski definition) is 3. The van der Waals surface area contributed by atoms with Crippen molar-refractivity contribution >= 4 is 39.8 Å². The molecule has 1 aliphatic heterocycles. The molecule has 1 saturated heterocycles. The molecule has 0 spiro atoms. The van der Waals surface area contributed by atoms with Gasteiger partial charge < -0.3 is 20.6 Å². The summed E-state index contributed by atoms with van der Waals surface area (Å²) >= 11 is 0. The van der Waals surface area contributed by atoms with Crippen molar-refractivity contribution in [2.45, 2.75) is 19.4 Å². The second kappa shape index (κ2) is 11.4. The van der Waals surface area contributed by atoms with E-state index < -0.39 is 11.4 Å². The largest absolute Gasteiger partial charge is 0.389 e. The molecular formula is C30H32FN7O2. The minimum Gasteiger partial charge on any atom is -0.389 e. The second-order valence-corrected chi connectivity index (χ2v) is 10.5. The van der Waals surface area contributed by atoms with Gasteiger partial charge in [-0.15, -0.1) is 0 Å². The number of rotatable bonds is 8. The number of benzene rings is 2. The third-order valence-corrected chi connectivity index (χ3v) is 6.66. The second-order valence-electron chi connectivity index (χ2n) is 10.5. The lowest BCUT2D eigenvalue weighted by Crippen LogP contribution is -2.50. The van der Waals surface area contributed by atoms with Gasteiger partial charge in [0.1, 0.15) is 5.82 Å². The number of pyridine rings is 1. The van der Waals surface area contributed by atoms with E-state index in [4.69, 9.17) is 0 Å². The molecule has 0 radical (unpaired) electrons. The first-order valence-corrected chi connectivity index (χ1v) is 13.1. The third kappa shape index (κ3) is 6.41. The van der Waals surface area contributed by atoms with Gasteiger partial charge in [0, 0.05) is 67.3 Å². The molecule has 4 aromatic rings. The number of fused-ring (bicyclic) bond motifs is 1. The molecule has 2 aromatic heterocycles. The number of hydrogen-bond acceptors (Lipinski definition) is 8. The van der Waals surface area contributed by atoms with Crippen LogP contribution in [0.2, 0.25) is 0 Å². The van der Waals surface area contributed by atoms with Crippen molar-refractivity contribution in [3.05, 3.63) is 79.5 Å². The normalized spacial score (nSPS) is 14.2. The van der Waals surface area contributed by atoms with E-state index in [9.17, 15) is 9.90 Å². The zero-order chi connectivity index (χ0) is 28.3. The van der Waals surface area contributed by atoms with Gasteiger partial charge in [-0.3, -0.25) is 14.7 Å². The Morgan fingerprint density at radius 2 is 1.93 bits per heavy atom. The van der Waals surface area contributed by atoms with Crippen molar-refractivity contribution in [1.29, 1.82) is 0 Å². The van der Waals surface area contributed by atoms with Gasteiger partial charge in [-0.25, -0.2) is 14.4 Å². The van der Waals surface area contributed by atoms with Crippen molar-refractivity contribution < 1.29 is 14.3 Å². The molecule has 0 bridgehead atoms. The van der Waals surface area contributed by atoms with E-state index >= 15 is 4.39 Å². The summed E-state index contributed by atoms with van der Waals surface area (Å²) < 4.78 is 15.2. The Morgan fingerprint density at radius 3 is 2.65 bits per heavy atom. The fourth-order valence-corrected chi connectivity index (χ4v) is 4.83. The Kier molecular flexibility index (Phi) is 7.72. The molecular weight excluding hydrogens is 509 g/mol. The summed E-state index contributed by atoms with van der Waals surface area (Å²) in [6.45, 7) is 10.8. The van der Waals surface area contributed by atoms with Crippen LogP contribution in [0, 0.1) is 5.82 Å². The van der Waals surface area contributed by atoms with Gasteiger partial charge in [0.2, 0.25) is 11.9 Å². The van der Waals surface area contributed by atoms with Gasteiger partial charge in [0.05, 0.1) is 28.7 Å². The van der Waals surface area contributed by atoms with Crippen LogP contribution in [-0.2, 0) is 4.79 Å². The molecule has 3 heterocycles. The Morgan fingerprint density at radius 1 is 1.12 bits per heavy atom.